The number of carbonyl (C=O) groups excluding carboxylic acids is 2. The van der Waals surface area contributed by atoms with E-state index in [2.05, 4.69) is 10.3 Å². The number of nitrogens with zero attached hydrogens (tertiary/aromatic N) is 2. The van der Waals surface area contributed by atoms with Gasteiger partial charge in [0.1, 0.15) is 34.4 Å². The molecule has 0 radical (unpaired) electrons. The number of thioether (sulfide) groups is 1. The minimum Gasteiger partial charge on any atom is -0.486 e. The molecule has 0 spiro atoms. The van der Waals surface area contributed by atoms with Crippen molar-refractivity contribution in [3.8, 4) is 17.2 Å². The zero-order valence-corrected chi connectivity index (χ0v) is 19.6. The highest BCUT2D eigenvalue weighted by Crippen LogP contribution is 2.35. The number of imide groups is 1. The van der Waals surface area contributed by atoms with E-state index in [-0.39, 0.29) is 11.1 Å². The standard InChI is InChI=1S/C26H23N3O4S/c1-26(24(30)28-25(31)34-26)15-17-8-10-18(11-9-17)32-16-23-27-21-13-12-20(14-22(21)29(23)2)33-19-6-4-3-5-7-19/h3-14H,15-16H2,1-2H3,(H,28,30,31). The highest BCUT2D eigenvalue weighted by Gasteiger charge is 2.43. The van der Waals surface area contributed by atoms with Gasteiger partial charge in [0.25, 0.3) is 5.24 Å². The molecule has 4 aromatic rings. The number of rotatable bonds is 7. The van der Waals surface area contributed by atoms with Crippen LogP contribution in [0, 0.1) is 0 Å². The predicted octanol–water partition coefficient (Wildman–Crippen LogP) is 5.23. The number of carbonyl (C=O) groups is 2. The van der Waals surface area contributed by atoms with Crippen LogP contribution in [-0.2, 0) is 24.9 Å². The Morgan fingerprint density at radius 3 is 2.41 bits per heavy atom. The monoisotopic (exact) mass is 473 g/mol. The smallest absolute Gasteiger partial charge is 0.286 e. The Balaban J connectivity index is 1.25. The molecule has 1 unspecified atom stereocenters. The quantitative estimate of drug-likeness (QED) is 0.396. The van der Waals surface area contributed by atoms with Gasteiger partial charge in [-0.3, -0.25) is 14.9 Å². The van der Waals surface area contributed by atoms with Gasteiger partial charge in [-0.2, -0.15) is 0 Å². The predicted molar refractivity (Wildman–Crippen MR) is 131 cm³/mol. The third-order valence-corrected chi connectivity index (χ3v) is 6.84. The van der Waals surface area contributed by atoms with Gasteiger partial charge in [0.05, 0.1) is 11.0 Å². The molecule has 8 heteroatoms. The number of hydrogen-bond acceptors (Lipinski definition) is 6. The van der Waals surface area contributed by atoms with Crippen molar-refractivity contribution in [3.05, 3.63) is 84.2 Å². The maximum atomic E-state index is 12.1. The number of nitrogens with one attached hydrogen (secondary N) is 1. The number of para-hydroxylation sites is 1. The maximum Gasteiger partial charge on any atom is 0.286 e. The van der Waals surface area contributed by atoms with Crippen molar-refractivity contribution in [1.82, 2.24) is 14.9 Å². The van der Waals surface area contributed by atoms with Crippen molar-refractivity contribution in [3.63, 3.8) is 0 Å². The Kier molecular flexibility index (Phi) is 5.75. The molecular formula is C26H23N3O4S. The van der Waals surface area contributed by atoms with Crippen molar-refractivity contribution in [2.75, 3.05) is 0 Å². The summed E-state index contributed by atoms with van der Waals surface area (Å²) in [5.41, 5.74) is 2.78. The fourth-order valence-corrected chi connectivity index (χ4v) is 4.83. The number of aromatic nitrogens is 2. The molecule has 172 valence electrons. The van der Waals surface area contributed by atoms with E-state index in [4.69, 9.17) is 9.47 Å². The van der Waals surface area contributed by atoms with Gasteiger partial charge in [0, 0.05) is 13.1 Å². The Bertz CT molecular complexity index is 1370. The van der Waals surface area contributed by atoms with Crippen LogP contribution in [0.2, 0.25) is 0 Å². The van der Waals surface area contributed by atoms with Crippen LogP contribution < -0.4 is 14.8 Å². The number of benzene rings is 3. The molecule has 2 heterocycles. The van der Waals surface area contributed by atoms with E-state index in [9.17, 15) is 9.59 Å². The second kappa shape index (κ2) is 8.87. The van der Waals surface area contributed by atoms with Crippen LogP contribution >= 0.6 is 11.8 Å². The highest BCUT2D eigenvalue weighted by molar-refractivity contribution is 8.16. The first-order chi connectivity index (χ1) is 16.4. The molecule has 3 aromatic carbocycles. The molecule has 0 bridgehead atoms. The lowest BCUT2D eigenvalue weighted by Crippen LogP contribution is -2.35. The van der Waals surface area contributed by atoms with Crippen LogP contribution in [0.5, 0.6) is 17.2 Å². The first-order valence-corrected chi connectivity index (χ1v) is 11.7. The van der Waals surface area contributed by atoms with Gasteiger partial charge in [-0.05, 0) is 67.1 Å². The Hall–Kier alpha value is -3.78. The summed E-state index contributed by atoms with van der Waals surface area (Å²) in [4.78, 5) is 28.3. The number of fused-ring (bicyclic) bond motifs is 1. The zero-order valence-electron chi connectivity index (χ0n) is 18.8. The van der Waals surface area contributed by atoms with E-state index in [0.717, 1.165) is 45.7 Å². The van der Waals surface area contributed by atoms with Gasteiger partial charge in [-0.1, -0.05) is 30.3 Å². The summed E-state index contributed by atoms with van der Waals surface area (Å²) < 4.78 is 13.1. The molecule has 0 aliphatic carbocycles. The number of hydrogen-bond donors (Lipinski definition) is 1. The van der Waals surface area contributed by atoms with Gasteiger partial charge in [0.2, 0.25) is 5.91 Å². The van der Waals surface area contributed by atoms with E-state index in [1.807, 2.05) is 84.4 Å². The fraction of sp³-hybridized carbons (Fsp3) is 0.192. The number of imidazole rings is 1. The van der Waals surface area contributed by atoms with E-state index in [0.29, 0.717) is 18.8 Å². The average molecular weight is 474 g/mol. The van der Waals surface area contributed by atoms with Crippen LogP contribution in [0.25, 0.3) is 11.0 Å². The summed E-state index contributed by atoms with van der Waals surface area (Å²) >= 11 is 1.04. The van der Waals surface area contributed by atoms with Crippen molar-refractivity contribution in [2.24, 2.45) is 7.05 Å². The third kappa shape index (κ3) is 4.49. The van der Waals surface area contributed by atoms with Crippen LogP contribution in [0.15, 0.2) is 72.8 Å². The summed E-state index contributed by atoms with van der Waals surface area (Å²) in [5, 5.41) is 2.05. The summed E-state index contributed by atoms with van der Waals surface area (Å²) in [5.74, 6) is 2.77. The van der Waals surface area contributed by atoms with E-state index >= 15 is 0 Å². The molecule has 34 heavy (non-hydrogen) atoms. The second-order valence-corrected chi connectivity index (χ2v) is 9.81. The fourth-order valence-electron chi connectivity index (χ4n) is 3.90. The van der Waals surface area contributed by atoms with E-state index < -0.39 is 4.75 Å². The molecule has 1 saturated heterocycles. The summed E-state index contributed by atoms with van der Waals surface area (Å²) in [6.07, 6.45) is 0.466. The molecular weight excluding hydrogens is 450 g/mol. The molecule has 1 fully saturated rings. The minimum absolute atomic E-state index is 0.248. The molecule has 7 nitrogen and oxygen atoms in total. The van der Waals surface area contributed by atoms with Crippen LogP contribution in [0.3, 0.4) is 0 Å². The topological polar surface area (TPSA) is 82.5 Å². The van der Waals surface area contributed by atoms with Gasteiger partial charge in [0.15, 0.2) is 0 Å². The van der Waals surface area contributed by atoms with E-state index in [1.54, 1.807) is 6.92 Å². The van der Waals surface area contributed by atoms with Gasteiger partial charge < -0.3 is 14.0 Å². The summed E-state index contributed by atoms with van der Waals surface area (Å²) in [6.45, 7) is 2.09. The summed E-state index contributed by atoms with van der Waals surface area (Å²) in [7, 11) is 1.95. The number of amides is 2. The van der Waals surface area contributed by atoms with Crippen LogP contribution in [0.4, 0.5) is 4.79 Å². The van der Waals surface area contributed by atoms with Crippen molar-refractivity contribution in [1.29, 1.82) is 0 Å². The number of aryl methyl sites for hydroxylation is 1. The van der Waals surface area contributed by atoms with Gasteiger partial charge in [-0.25, -0.2) is 4.98 Å². The maximum absolute atomic E-state index is 12.1. The molecule has 0 saturated carbocycles. The molecule has 1 aliphatic rings. The highest BCUT2D eigenvalue weighted by atomic mass is 32.2. The van der Waals surface area contributed by atoms with Crippen molar-refractivity contribution >= 4 is 33.9 Å². The first-order valence-electron chi connectivity index (χ1n) is 10.8. The lowest BCUT2D eigenvalue weighted by Gasteiger charge is -2.18. The molecule has 1 atom stereocenters. The first kappa shape index (κ1) is 22.0. The number of ether oxygens (including phenoxy) is 2. The average Bonchev–Trinajstić information content (AvgIpc) is 3.27. The van der Waals surface area contributed by atoms with Crippen molar-refractivity contribution in [2.45, 2.75) is 24.7 Å². The Morgan fingerprint density at radius 1 is 0.971 bits per heavy atom. The van der Waals surface area contributed by atoms with Crippen molar-refractivity contribution < 1.29 is 19.1 Å². The van der Waals surface area contributed by atoms with Crippen LogP contribution in [0.1, 0.15) is 18.3 Å². The van der Waals surface area contributed by atoms with Crippen LogP contribution in [-0.4, -0.2) is 25.4 Å². The molecule has 1 aromatic heterocycles. The lowest BCUT2D eigenvalue weighted by atomic mass is 9.99. The van der Waals surface area contributed by atoms with Gasteiger partial charge in [-0.15, -0.1) is 0 Å². The molecule has 2 amide bonds. The Morgan fingerprint density at radius 2 is 1.71 bits per heavy atom. The second-order valence-electron chi connectivity index (χ2n) is 8.34. The molecule has 5 rings (SSSR count). The van der Waals surface area contributed by atoms with E-state index in [1.165, 1.54) is 0 Å². The zero-order chi connectivity index (χ0) is 23.7. The largest absolute Gasteiger partial charge is 0.486 e. The third-order valence-electron chi connectivity index (χ3n) is 5.77. The minimum atomic E-state index is -0.782. The molecule has 1 N–H and O–H groups in total. The molecule has 1 aliphatic heterocycles. The van der Waals surface area contributed by atoms with Gasteiger partial charge >= 0.3 is 0 Å². The SMILES string of the molecule is Cn1c(COc2ccc(CC3(C)SC(=O)NC3=O)cc2)nc2ccc(Oc3ccccc3)cc21. The summed E-state index contributed by atoms with van der Waals surface area (Å²) in [6, 6.07) is 23.0. The normalized spacial score (nSPS) is 17.7. The lowest BCUT2D eigenvalue weighted by molar-refractivity contribution is -0.121. The Labute approximate surface area is 201 Å².